The number of nitrogens with zero attached hydrogens (tertiary/aromatic N) is 1. The van der Waals surface area contributed by atoms with Crippen LogP contribution in [-0.2, 0) is 0 Å². The topological polar surface area (TPSA) is 0 Å². The highest BCUT2D eigenvalue weighted by Crippen LogP contribution is 2.33. The maximum Gasteiger partial charge on any atom is 0.140 e. The van der Waals surface area contributed by atoms with Gasteiger partial charge in [0, 0.05) is 5.39 Å². The Kier molecular flexibility index (Phi) is 12.9. The van der Waals surface area contributed by atoms with Gasteiger partial charge in [0.2, 0.25) is 0 Å². The molecule has 1 heteroatoms. The third-order valence-electron chi connectivity index (χ3n) is 7.02. The second-order valence-corrected chi connectivity index (χ2v) is 9.70. The lowest BCUT2D eigenvalue weighted by Gasteiger charge is -2.39. The Morgan fingerprint density at radius 3 is 1.58 bits per heavy atom. The first-order valence-electron chi connectivity index (χ1n) is 13.6. The monoisotopic (exact) mass is 424 g/mol. The maximum absolute atomic E-state index is 2.41. The second-order valence-electron chi connectivity index (χ2n) is 9.70. The molecule has 0 heterocycles. The zero-order chi connectivity index (χ0) is 22.2. The summed E-state index contributed by atoms with van der Waals surface area (Å²) >= 11 is 0. The molecule has 0 spiro atoms. The molecular formula is C30H50N+. The van der Waals surface area contributed by atoms with Crippen molar-refractivity contribution in [2.24, 2.45) is 0 Å². The average Bonchev–Trinajstić information content (AvgIpc) is 2.79. The summed E-state index contributed by atoms with van der Waals surface area (Å²) in [6.07, 6.45) is 19.6. The van der Waals surface area contributed by atoms with Crippen LogP contribution in [0.2, 0.25) is 0 Å². The van der Waals surface area contributed by atoms with E-state index in [-0.39, 0.29) is 0 Å². The molecule has 0 N–H and O–H groups in total. The van der Waals surface area contributed by atoms with E-state index in [0.29, 0.717) is 0 Å². The molecule has 0 radical (unpaired) electrons. The highest BCUT2D eigenvalue weighted by atomic mass is 15.4. The number of unbranched alkanes of at least 4 members (excludes halogenated alkanes) is 11. The van der Waals surface area contributed by atoms with Gasteiger partial charge in [0.05, 0.1) is 19.6 Å². The normalized spacial score (nSPS) is 12.0. The third kappa shape index (κ3) is 8.60. The van der Waals surface area contributed by atoms with Crippen LogP contribution in [-0.4, -0.2) is 19.6 Å². The van der Waals surface area contributed by atoms with Gasteiger partial charge < -0.3 is 0 Å². The van der Waals surface area contributed by atoms with Crippen molar-refractivity contribution in [3.63, 3.8) is 0 Å². The van der Waals surface area contributed by atoms with Gasteiger partial charge in [-0.25, -0.2) is 0 Å². The molecule has 2 aromatic carbocycles. The SMILES string of the molecule is CCCCCCCCCCCCCC[N+](CCC)(CCC)c1cccc2ccccc12. The van der Waals surface area contributed by atoms with Crippen LogP contribution in [0.4, 0.5) is 5.69 Å². The van der Waals surface area contributed by atoms with Crippen molar-refractivity contribution in [3.05, 3.63) is 42.5 Å². The number of hydrogen-bond acceptors (Lipinski definition) is 0. The molecule has 0 aliphatic carbocycles. The maximum atomic E-state index is 2.41. The van der Waals surface area contributed by atoms with Crippen molar-refractivity contribution >= 4 is 16.5 Å². The minimum atomic E-state index is 1.17. The van der Waals surface area contributed by atoms with Gasteiger partial charge in [-0.05, 0) is 43.2 Å². The fourth-order valence-electron chi connectivity index (χ4n) is 5.43. The highest BCUT2D eigenvalue weighted by molar-refractivity contribution is 5.93. The molecule has 2 aromatic rings. The van der Waals surface area contributed by atoms with Crippen molar-refractivity contribution in [2.75, 3.05) is 19.6 Å². The lowest BCUT2D eigenvalue weighted by molar-refractivity contribution is 0.267. The first-order chi connectivity index (χ1) is 15.3. The van der Waals surface area contributed by atoms with E-state index in [1.165, 1.54) is 125 Å². The summed E-state index contributed by atoms with van der Waals surface area (Å²) in [6, 6.07) is 16.0. The Bertz CT molecular complexity index is 693. The van der Waals surface area contributed by atoms with E-state index in [1.807, 2.05) is 0 Å². The molecular weight excluding hydrogens is 374 g/mol. The molecule has 2 rings (SSSR count). The van der Waals surface area contributed by atoms with E-state index in [2.05, 4.69) is 63.2 Å². The van der Waals surface area contributed by atoms with Crippen LogP contribution < -0.4 is 4.48 Å². The molecule has 0 saturated carbocycles. The van der Waals surface area contributed by atoms with Crippen LogP contribution >= 0.6 is 0 Å². The molecule has 0 bridgehead atoms. The summed E-state index contributed by atoms with van der Waals surface area (Å²) in [5.74, 6) is 0. The van der Waals surface area contributed by atoms with Gasteiger partial charge in [-0.15, -0.1) is 0 Å². The van der Waals surface area contributed by atoms with E-state index in [0.717, 1.165) is 0 Å². The minimum absolute atomic E-state index is 1.17. The summed E-state index contributed by atoms with van der Waals surface area (Å²) in [7, 11) is 0. The molecule has 174 valence electrons. The third-order valence-corrected chi connectivity index (χ3v) is 7.02. The number of quaternary nitrogens is 1. The van der Waals surface area contributed by atoms with Gasteiger partial charge in [-0.3, -0.25) is 4.48 Å². The summed E-state index contributed by atoms with van der Waals surface area (Å²) < 4.78 is 1.17. The predicted molar refractivity (Wildman–Crippen MR) is 142 cm³/mol. The van der Waals surface area contributed by atoms with Crippen molar-refractivity contribution in [3.8, 4) is 0 Å². The van der Waals surface area contributed by atoms with Crippen LogP contribution in [0, 0.1) is 0 Å². The number of fused-ring (bicyclic) bond motifs is 1. The van der Waals surface area contributed by atoms with Gasteiger partial charge in [0.1, 0.15) is 5.69 Å². The number of hydrogen-bond donors (Lipinski definition) is 0. The lowest BCUT2D eigenvalue weighted by Crippen LogP contribution is -2.51. The van der Waals surface area contributed by atoms with Crippen LogP contribution in [0.3, 0.4) is 0 Å². The second kappa shape index (κ2) is 15.5. The quantitative estimate of drug-likeness (QED) is 0.165. The van der Waals surface area contributed by atoms with E-state index in [4.69, 9.17) is 0 Å². The fraction of sp³-hybridized carbons (Fsp3) is 0.667. The van der Waals surface area contributed by atoms with Gasteiger partial charge >= 0.3 is 0 Å². The van der Waals surface area contributed by atoms with E-state index < -0.39 is 0 Å². The zero-order valence-corrected chi connectivity index (χ0v) is 21.0. The molecule has 1 nitrogen and oxygen atoms in total. The van der Waals surface area contributed by atoms with Crippen LogP contribution in [0.15, 0.2) is 42.5 Å². The van der Waals surface area contributed by atoms with Crippen molar-refractivity contribution in [1.29, 1.82) is 0 Å². The lowest BCUT2D eigenvalue weighted by atomic mass is 10.0. The summed E-state index contributed by atoms with van der Waals surface area (Å²) in [5.41, 5.74) is 1.56. The minimum Gasteiger partial charge on any atom is -0.291 e. The Morgan fingerprint density at radius 1 is 0.484 bits per heavy atom. The molecule has 0 amide bonds. The van der Waals surface area contributed by atoms with Crippen LogP contribution in [0.5, 0.6) is 0 Å². The van der Waals surface area contributed by atoms with Gasteiger partial charge in [0.25, 0.3) is 0 Å². The molecule has 0 aliphatic rings. The van der Waals surface area contributed by atoms with Gasteiger partial charge in [-0.2, -0.15) is 0 Å². The zero-order valence-electron chi connectivity index (χ0n) is 21.0. The predicted octanol–water partition coefficient (Wildman–Crippen LogP) is 9.67. The van der Waals surface area contributed by atoms with Gasteiger partial charge in [0.15, 0.2) is 0 Å². The standard InChI is InChI=1S/C30H50N/c1-4-7-8-9-10-11-12-13-14-15-16-19-27-31(25-5-2,26-6-3)30-24-20-22-28-21-17-18-23-29(28)30/h17-18,20-24H,4-16,19,25-27H2,1-3H3/q+1. The Balaban J connectivity index is 1.83. The Labute approximate surface area is 193 Å². The molecule has 0 aliphatic heterocycles. The first-order valence-corrected chi connectivity index (χ1v) is 13.6. The van der Waals surface area contributed by atoms with Crippen LogP contribution in [0.25, 0.3) is 10.8 Å². The smallest absolute Gasteiger partial charge is 0.140 e. The van der Waals surface area contributed by atoms with Gasteiger partial charge in [-0.1, -0.05) is 115 Å². The molecule has 0 atom stereocenters. The van der Waals surface area contributed by atoms with E-state index in [9.17, 15) is 0 Å². The molecule has 31 heavy (non-hydrogen) atoms. The van der Waals surface area contributed by atoms with Crippen molar-refractivity contribution in [2.45, 2.75) is 111 Å². The first kappa shape index (κ1) is 25.9. The van der Waals surface area contributed by atoms with Crippen molar-refractivity contribution < 1.29 is 0 Å². The Morgan fingerprint density at radius 2 is 1.00 bits per heavy atom. The van der Waals surface area contributed by atoms with Crippen LogP contribution in [0.1, 0.15) is 111 Å². The number of benzene rings is 2. The summed E-state index contributed by atoms with van der Waals surface area (Å²) in [6.45, 7) is 10.8. The Hall–Kier alpha value is -1.34. The highest BCUT2D eigenvalue weighted by Gasteiger charge is 2.29. The summed E-state index contributed by atoms with van der Waals surface area (Å²) in [5, 5.41) is 2.86. The van der Waals surface area contributed by atoms with Crippen molar-refractivity contribution in [1.82, 2.24) is 4.48 Å². The average molecular weight is 425 g/mol. The van der Waals surface area contributed by atoms with E-state index in [1.54, 1.807) is 5.69 Å². The molecule has 0 unspecified atom stereocenters. The largest absolute Gasteiger partial charge is 0.291 e. The fourth-order valence-corrected chi connectivity index (χ4v) is 5.43. The molecule has 0 fully saturated rings. The number of rotatable bonds is 18. The molecule has 0 saturated heterocycles. The molecule has 0 aromatic heterocycles. The van der Waals surface area contributed by atoms with E-state index >= 15 is 0 Å². The summed E-state index contributed by atoms with van der Waals surface area (Å²) in [4.78, 5) is 0.